The van der Waals surface area contributed by atoms with E-state index in [1.807, 2.05) is 18.7 Å². The van der Waals surface area contributed by atoms with Crippen LogP contribution in [0.25, 0.3) is 11.2 Å². The second kappa shape index (κ2) is 6.41. The molecule has 1 aromatic carbocycles. The van der Waals surface area contributed by atoms with Gasteiger partial charge in [-0.1, -0.05) is 36.5 Å². The number of allylic oxidation sites excluding steroid dienone is 1. The summed E-state index contributed by atoms with van der Waals surface area (Å²) in [6.45, 7) is 4.11. The molecular weight excluding hydrogens is 343 g/mol. The second-order valence-corrected chi connectivity index (χ2v) is 6.57. The first kappa shape index (κ1) is 16.7. The third-order valence-corrected chi connectivity index (χ3v) is 4.95. The first-order valence-corrected chi connectivity index (χ1v) is 8.24. The van der Waals surface area contributed by atoms with Crippen molar-refractivity contribution in [3.05, 3.63) is 63.0 Å². The zero-order valence-electron chi connectivity index (χ0n) is 13.5. The Morgan fingerprint density at radius 2 is 1.88 bits per heavy atom. The van der Waals surface area contributed by atoms with Crippen molar-refractivity contribution in [3.8, 4) is 0 Å². The molecular formula is C17H19FN4S2. The van der Waals surface area contributed by atoms with Gasteiger partial charge in [0.2, 0.25) is 0 Å². The van der Waals surface area contributed by atoms with Crippen molar-refractivity contribution in [2.24, 2.45) is 14.1 Å². The number of aromatic amines is 1. The zero-order chi connectivity index (χ0) is 17.4. The Morgan fingerprint density at radius 1 is 1.21 bits per heavy atom. The van der Waals surface area contributed by atoms with E-state index in [9.17, 15) is 4.39 Å². The molecule has 126 valence electrons. The van der Waals surface area contributed by atoms with Gasteiger partial charge in [-0.05, 0) is 36.3 Å². The van der Waals surface area contributed by atoms with Crippen LogP contribution in [0.3, 0.4) is 0 Å². The summed E-state index contributed by atoms with van der Waals surface area (Å²) >= 11 is 10.8. The normalized spacial score (nSPS) is 11.1. The number of aromatic nitrogens is 4. The average molecular weight is 362 g/mol. The van der Waals surface area contributed by atoms with Gasteiger partial charge in [0.15, 0.2) is 10.4 Å². The van der Waals surface area contributed by atoms with E-state index < -0.39 is 0 Å². The fourth-order valence-electron chi connectivity index (χ4n) is 2.65. The van der Waals surface area contributed by atoms with Crippen molar-refractivity contribution in [1.82, 2.24) is 19.1 Å². The number of rotatable bonds is 4. The lowest BCUT2D eigenvalue weighted by molar-refractivity contribution is 0.627. The summed E-state index contributed by atoms with van der Waals surface area (Å²) in [6.07, 6.45) is 1.27. The van der Waals surface area contributed by atoms with E-state index in [2.05, 4.69) is 16.5 Å². The summed E-state index contributed by atoms with van der Waals surface area (Å²) < 4.78 is 17.8. The van der Waals surface area contributed by atoms with E-state index >= 15 is 0 Å². The van der Waals surface area contributed by atoms with Gasteiger partial charge in [0.1, 0.15) is 21.8 Å². The van der Waals surface area contributed by atoms with Crippen LogP contribution >= 0.6 is 24.4 Å². The van der Waals surface area contributed by atoms with Crippen LogP contribution in [0, 0.1) is 15.2 Å². The van der Waals surface area contributed by atoms with Gasteiger partial charge < -0.3 is 14.1 Å². The molecule has 0 atom stereocenters. The Hall–Kier alpha value is -2.12. The summed E-state index contributed by atoms with van der Waals surface area (Å²) in [5.74, 6) is 0.555. The lowest BCUT2D eigenvalue weighted by Gasteiger charge is -2.05. The molecule has 0 aliphatic carbocycles. The minimum absolute atomic E-state index is 0. The van der Waals surface area contributed by atoms with Crippen LogP contribution in [-0.4, -0.2) is 19.1 Å². The van der Waals surface area contributed by atoms with E-state index in [1.54, 1.807) is 16.7 Å². The van der Waals surface area contributed by atoms with E-state index in [0.717, 1.165) is 28.1 Å². The van der Waals surface area contributed by atoms with Crippen LogP contribution < -0.4 is 0 Å². The molecule has 0 fully saturated rings. The molecule has 0 amide bonds. The fraction of sp³-hybridized carbons (Fsp3) is 0.235. The lowest BCUT2D eigenvalue weighted by Crippen LogP contribution is -2.05. The Bertz CT molecular complexity index is 1050. The van der Waals surface area contributed by atoms with Crippen molar-refractivity contribution < 1.29 is 5.82 Å². The smallest absolute Gasteiger partial charge is 0.182 e. The molecule has 2 aromatic heterocycles. The monoisotopic (exact) mass is 362 g/mol. The summed E-state index contributed by atoms with van der Waals surface area (Å²) in [6, 6.07) is 6.45. The lowest BCUT2D eigenvalue weighted by atomic mass is 10.0. The minimum atomic E-state index is -0.236. The quantitative estimate of drug-likeness (QED) is 0.551. The standard InChI is InChI=1S/C17H17FN4S2.H2/c1-10(8-11-4-6-12(18)7-5-11)9-13-19-14-15(20-13)21(2)17(24)22(3)16(14)23;/h4-7H,1,8-9H2,2-3H3,(H,19,20);1H. The van der Waals surface area contributed by atoms with Gasteiger partial charge in [0, 0.05) is 21.9 Å². The van der Waals surface area contributed by atoms with Crippen LogP contribution in [0.5, 0.6) is 0 Å². The highest BCUT2D eigenvalue weighted by molar-refractivity contribution is 7.72. The summed E-state index contributed by atoms with van der Waals surface area (Å²) in [5, 5.41) is 0. The molecule has 24 heavy (non-hydrogen) atoms. The van der Waals surface area contributed by atoms with Crippen molar-refractivity contribution >= 4 is 35.6 Å². The van der Waals surface area contributed by atoms with Gasteiger partial charge in [0.05, 0.1) is 0 Å². The first-order valence-electron chi connectivity index (χ1n) is 7.42. The van der Waals surface area contributed by atoms with Crippen molar-refractivity contribution in [2.75, 3.05) is 0 Å². The number of fused-ring (bicyclic) bond motifs is 1. The van der Waals surface area contributed by atoms with E-state index in [1.165, 1.54) is 12.1 Å². The molecule has 0 aliphatic rings. The molecule has 3 aromatic rings. The number of nitrogens with zero attached hydrogens (tertiary/aromatic N) is 3. The van der Waals surface area contributed by atoms with Gasteiger partial charge in [0.25, 0.3) is 0 Å². The van der Waals surface area contributed by atoms with Gasteiger partial charge in [-0.15, -0.1) is 0 Å². The van der Waals surface area contributed by atoms with Crippen LogP contribution in [-0.2, 0) is 26.9 Å². The third-order valence-electron chi connectivity index (χ3n) is 3.93. The maximum absolute atomic E-state index is 13.0. The summed E-state index contributed by atoms with van der Waals surface area (Å²) in [4.78, 5) is 7.89. The van der Waals surface area contributed by atoms with Crippen molar-refractivity contribution in [1.29, 1.82) is 0 Å². The Kier molecular flexibility index (Phi) is 4.47. The highest BCUT2D eigenvalue weighted by Crippen LogP contribution is 2.17. The molecule has 0 unspecified atom stereocenters. The van der Waals surface area contributed by atoms with Gasteiger partial charge in [-0.2, -0.15) is 0 Å². The largest absolute Gasteiger partial charge is 0.338 e. The van der Waals surface area contributed by atoms with Crippen molar-refractivity contribution in [3.63, 3.8) is 0 Å². The summed E-state index contributed by atoms with van der Waals surface area (Å²) in [5.41, 5.74) is 3.55. The minimum Gasteiger partial charge on any atom is -0.338 e. The maximum Gasteiger partial charge on any atom is 0.182 e. The van der Waals surface area contributed by atoms with Crippen LogP contribution in [0.1, 0.15) is 12.8 Å². The number of imidazole rings is 1. The average Bonchev–Trinajstić information content (AvgIpc) is 2.97. The molecule has 3 rings (SSSR count). The second-order valence-electron chi connectivity index (χ2n) is 5.82. The molecule has 0 saturated carbocycles. The molecule has 4 nitrogen and oxygen atoms in total. The predicted octanol–water partition coefficient (Wildman–Crippen LogP) is 4.43. The third kappa shape index (κ3) is 3.09. The molecule has 0 radical (unpaired) electrons. The van der Waals surface area contributed by atoms with E-state index in [4.69, 9.17) is 24.4 Å². The number of nitrogens with one attached hydrogen (secondary N) is 1. The highest BCUT2D eigenvalue weighted by Gasteiger charge is 2.11. The van der Waals surface area contributed by atoms with Crippen LogP contribution in [0.15, 0.2) is 36.4 Å². The van der Waals surface area contributed by atoms with E-state index in [0.29, 0.717) is 22.3 Å². The molecule has 0 aliphatic heterocycles. The molecule has 0 spiro atoms. The number of H-pyrrole nitrogens is 1. The first-order chi connectivity index (χ1) is 11.4. The number of aryl methyl sites for hydroxylation is 1. The number of hydrogen-bond acceptors (Lipinski definition) is 3. The number of hydrogen-bond donors (Lipinski definition) is 1. The Morgan fingerprint density at radius 3 is 2.54 bits per heavy atom. The van der Waals surface area contributed by atoms with Gasteiger partial charge >= 0.3 is 0 Å². The molecule has 0 bridgehead atoms. The fourth-order valence-corrected chi connectivity index (χ4v) is 3.11. The predicted molar refractivity (Wildman–Crippen MR) is 101 cm³/mol. The number of benzene rings is 1. The van der Waals surface area contributed by atoms with Crippen molar-refractivity contribution in [2.45, 2.75) is 12.8 Å². The van der Waals surface area contributed by atoms with E-state index in [-0.39, 0.29) is 7.24 Å². The molecule has 7 heteroatoms. The highest BCUT2D eigenvalue weighted by atomic mass is 32.1. The number of halogens is 1. The van der Waals surface area contributed by atoms with Gasteiger partial charge in [-0.25, -0.2) is 9.37 Å². The van der Waals surface area contributed by atoms with Crippen LogP contribution in [0.2, 0.25) is 0 Å². The Balaban J connectivity index is 0.00000225. The Labute approximate surface area is 150 Å². The molecule has 0 saturated heterocycles. The topological polar surface area (TPSA) is 38.5 Å². The summed E-state index contributed by atoms with van der Waals surface area (Å²) in [7, 11) is 3.72. The van der Waals surface area contributed by atoms with Gasteiger partial charge in [-0.3, -0.25) is 0 Å². The molecule has 2 heterocycles. The molecule has 1 N–H and O–H groups in total. The SMILES string of the molecule is C=C(Cc1ccc(F)cc1)Cc1nc2c([nH]1)c(=S)n(C)c(=S)n2C.[HH]. The van der Waals surface area contributed by atoms with Crippen LogP contribution in [0.4, 0.5) is 4.39 Å². The maximum atomic E-state index is 13.0. The zero-order valence-corrected chi connectivity index (χ0v) is 15.1.